The molecule has 0 aliphatic carbocycles. The third kappa shape index (κ3) is 5.05. The van der Waals surface area contributed by atoms with Crippen molar-refractivity contribution in [3.05, 3.63) is 58.2 Å². The number of nitrogens with zero attached hydrogens (tertiary/aromatic N) is 1. The van der Waals surface area contributed by atoms with Crippen LogP contribution in [-0.2, 0) is 9.59 Å². The van der Waals surface area contributed by atoms with Crippen LogP contribution in [0.5, 0.6) is 0 Å². The molecule has 1 saturated heterocycles. The zero-order chi connectivity index (χ0) is 19.4. The lowest BCUT2D eigenvalue weighted by atomic mass is 10.2. The first-order valence-electron chi connectivity index (χ1n) is 7.90. The highest BCUT2D eigenvalue weighted by Crippen LogP contribution is 2.33. The van der Waals surface area contributed by atoms with E-state index in [-0.39, 0.29) is 16.8 Å². The van der Waals surface area contributed by atoms with Crippen molar-refractivity contribution in [3.63, 3.8) is 0 Å². The van der Waals surface area contributed by atoms with Crippen LogP contribution in [0.1, 0.15) is 6.42 Å². The maximum Gasteiger partial charge on any atom is 0.293 e. The quantitative estimate of drug-likeness (QED) is 0.481. The Labute approximate surface area is 179 Å². The molecule has 1 aliphatic heterocycles. The van der Waals surface area contributed by atoms with Crippen LogP contribution in [0.4, 0.5) is 16.2 Å². The zero-order valence-electron chi connectivity index (χ0n) is 13.8. The molecule has 0 spiro atoms. The number of imide groups is 1. The molecule has 1 atom stereocenters. The Morgan fingerprint density at radius 3 is 2.44 bits per heavy atom. The predicted octanol–water partition coefficient (Wildman–Crippen LogP) is 3.76. The van der Waals surface area contributed by atoms with E-state index in [2.05, 4.69) is 33.2 Å². The van der Waals surface area contributed by atoms with Crippen LogP contribution >= 0.6 is 46.6 Å². The molecule has 2 N–H and O–H groups in total. The molecule has 3 amide bonds. The van der Waals surface area contributed by atoms with Gasteiger partial charge in [0.15, 0.2) is 5.11 Å². The summed E-state index contributed by atoms with van der Waals surface area (Å²) in [6.07, 6.45) is -0.132. The number of hydrogen-bond donors (Lipinski definition) is 2. The minimum atomic E-state index is -0.765. The summed E-state index contributed by atoms with van der Waals surface area (Å²) >= 11 is 8.16. The van der Waals surface area contributed by atoms with E-state index in [4.69, 9.17) is 12.2 Å². The first-order chi connectivity index (χ1) is 12.9. The van der Waals surface area contributed by atoms with E-state index < -0.39 is 17.1 Å². The summed E-state index contributed by atoms with van der Waals surface area (Å²) in [5, 5.41) is 4.44. The average molecular weight is 511 g/mol. The van der Waals surface area contributed by atoms with Gasteiger partial charge in [0.1, 0.15) is 5.25 Å². The monoisotopic (exact) mass is 511 g/mol. The van der Waals surface area contributed by atoms with Gasteiger partial charge >= 0.3 is 0 Å². The van der Waals surface area contributed by atoms with E-state index in [9.17, 15) is 14.4 Å². The van der Waals surface area contributed by atoms with Gasteiger partial charge in [0.05, 0.1) is 5.69 Å². The van der Waals surface area contributed by atoms with Gasteiger partial charge in [-0.05, 0) is 83.0 Å². The number of carbonyl (C=O) groups is 3. The van der Waals surface area contributed by atoms with E-state index in [1.165, 1.54) is 0 Å². The fourth-order valence-electron chi connectivity index (χ4n) is 2.44. The third-order valence-electron chi connectivity index (χ3n) is 3.66. The Balaban J connectivity index is 1.56. The second kappa shape index (κ2) is 8.81. The summed E-state index contributed by atoms with van der Waals surface area (Å²) in [6, 6.07) is 16.1. The molecule has 0 saturated carbocycles. The molecular formula is C18H14IN3O3S2. The molecule has 138 valence electrons. The lowest BCUT2D eigenvalue weighted by Crippen LogP contribution is -2.38. The van der Waals surface area contributed by atoms with Gasteiger partial charge < -0.3 is 10.6 Å². The molecule has 2 aromatic rings. The highest BCUT2D eigenvalue weighted by molar-refractivity contribution is 14.1. The average Bonchev–Trinajstić information content (AvgIpc) is 2.91. The number of rotatable bonds is 4. The van der Waals surface area contributed by atoms with Crippen molar-refractivity contribution >= 4 is 80.1 Å². The maximum atomic E-state index is 12.5. The standard InChI is InChI=1S/C18H14IN3O3S2/c19-11-6-8-12(9-7-11)20-17(26)21-15(23)10-14-16(24)22(18(25)27-14)13-4-2-1-3-5-13/h1-9,14H,10H2,(H2,20,21,23,26)/t14-/m1/s1. The van der Waals surface area contributed by atoms with Crippen LogP contribution in [0.2, 0.25) is 0 Å². The molecule has 1 aliphatic rings. The number of anilines is 2. The predicted molar refractivity (Wildman–Crippen MR) is 119 cm³/mol. The number of thiocarbonyl (C=S) groups is 1. The van der Waals surface area contributed by atoms with Crippen LogP contribution in [0.25, 0.3) is 0 Å². The van der Waals surface area contributed by atoms with Crippen molar-refractivity contribution in [3.8, 4) is 0 Å². The molecule has 0 bridgehead atoms. The lowest BCUT2D eigenvalue weighted by molar-refractivity contribution is -0.123. The van der Waals surface area contributed by atoms with Crippen LogP contribution < -0.4 is 15.5 Å². The summed E-state index contributed by atoms with van der Waals surface area (Å²) in [5.74, 6) is -0.825. The van der Waals surface area contributed by atoms with Gasteiger partial charge in [-0.25, -0.2) is 4.90 Å². The van der Waals surface area contributed by atoms with Crippen LogP contribution in [-0.4, -0.2) is 27.4 Å². The molecule has 6 nitrogen and oxygen atoms in total. The van der Waals surface area contributed by atoms with Crippen LogP contribution in [0.15, 0.2) is 54.6 Å². The number of benzene rings is 2. The van der Waals surface area contributed by atoms with Crippen molar-refractivity contribution in [1.82, 2.24) is 5.32 Å². The van der Waals surface area contributed by atoms with Gasteiger partial charge in [-0.2, -0.15) is 0 Å². The fraction of sp³-hybridized carbons (Fsp3) is 0.111. The number of carbonyl (C=O) groups excluding carboxylic acids is 3. The summed E-state index contributed by atoms with van der Waals surface area (Å²) in [6.45, 7) is 0. The van der Waals surface area contributed by atoms with Crippen molar-refractivity contribution < 1.29 is 14.4 Å². The number of thioether (sulfide) groups is 1. The van der Waals surface area contributed by atoms with Crippen molar-refractivity contribution in [2.75, 3.05) is 10.2 Å². The second-order valence-corrected chi connectivity index (χ2v) is 8.40. The summed E-state index contributed by atoms with van der Waals surface area (Å²) in [5.41, 5.74) is 1.25. The topological polar surface area (TPSA) is 78.5 Å². The van der Waals surface area contributed by atoms with Gasteiger partial charge in [-0.1, -0.05) is 18.2 Å². The lowest BCUT2D eigenvalue weighted by Gasteiger charge is -2.14. The molecule has 9 heteroatoms. The second-order valence-electron chi connectivity index (χ2n) is 5.59. The highest BCUT2D eigenvalue weighted by Gasteiger charge is 2.41. The van der Waals surface area contributed by atoms with E-state index in [1.54, 1.807) is 30.3 Å². The van der Waals surface area contributed by atoms with Crippen LogP contribution in [0.3, 0.4) is 0 Å². The SMILES string of the molecule is O=C(C[C@H]1SC(=O)N(c2ccccc2)C1=O)NC(=S)Nc1ccc(I)cc1. The Bertz CT molecular complexity index is 890. The molecule has 27 heavy (non-hydrogen) atoms. The van der Waals surface area contributed by atoms with Gasteiger partial charge in [-0.3, -0.25) is 14.4 Å². The van der Waals surface area contributed by atoms with Crippen LogP contribution in [0, 0.1) is 3.57 Å². The van der Waals surface area contributed by atoms with Gasteiger partial charge in [-0.15, -0.1) is 0 Å². The first-order valence-corrected chi connectivity index (χ1v) is 10.3. The number of halogens is 1. The minimum absolute atomic E-state index is 0.132. The zero-order valence-corrected chi connectivity index (χ0v) is 17.6. The summed E-state index contributed by atoms with van der Waals surface area (Å²) in [7, 11) is 0. The molecule has 1 fully saturated rings. The van der Waals surface area contributed by atoms with E-state index in [1.807, 2.05) is 24.3 Å². The minimum Gasteiger partial charge on any atom is -0.332 e. The normalized spacial score (nSPS) is 16.3. The first kappa shape index (κ1) is 19.8. The molecule has 3 rings (SSSR count). The van der Waals surface area contributed by atoms with Gasteiger partial charge in [0.25, 0.3) is 5.24 Å². The van der Waals surface area contributed by atoms with E-state index >= 15 is 0 Å². The van der Waals surface area contributed by atoms with E-state index in [0.717, 1.165) is 25.9 Å². The Hall–Kier alpha value is -1.98. The highest BCUT2D eigenvalue weighted by atomic mass is 127. The molecule has 1 heterocycles. The van der Waals surface area contributed by atoms with Gasteiger partial charge in [0, 0.05) is 15.7 Å². The Morgan fingerprint density at radius 1 is 1.11 bits per heavy atom. The van der Waals surface area contributed by atoms with Crippen molar-refractivity contribution in [2.45, 2.75) is 11.7 Å². The Morgan fingerprint density at radius 2 is 1.78 bits per heavy atom. The van der Waals surface area contributed by atoms with E-state index in [0.29, 0.717) is 5.69 Å². The fourth-order valence-corrected chi connectivity index (χ4v) is 4.02. The maximum absolute atomic E-state index is 12.5. The number of hydrogen-bond acceptors (Lipinski definition) is 5. The molecular weight excluding hydrogens is 497 g/mol. The van der Waals surface area contributed by atoms with Crippen molar-refractivity contribution in [2.24, 2.45) is 0 Å². The van der Waals surface area contributed by atoms with Crippen molar-refractivity contribution in [1.29, 1.82) is 0 Å². The summed E-state index contributed by atoms with van der Waals surface area (Å²) < 4.78 is 1.08. The molecule has 2 aromatic carbocycles. The largest absolute Gasteiger partial charge is 0.332 e. The Kier molecular flexibility index (Phi) is 6.45. The third-order valence-corrected chi connectivity index (χ3v) is 5.62. The number of amides is 3. The molecule has 0 radical (unpaired) electrons. The molecule has 0 aromatic heterocycles. The molecule has 0 unspecified atom stereocenters. The smallest absolute Gasteiger partial charge is 0.293 e. The number of nitrogens with one attached hydrogen (secondary N) is 2. The van der Waals surface area contributed by atoms with Gasteiger partial charge in [0.2, 0.25) is 11.8 Å². The summed E-state index contributed by atoms with van der Waals surface area (Å²) in [4.78, 5) is 38.0. The number of para-hydroxylation sites is 1.